The van der Waals surface area contributed by atoms with Crippen molar-refractivity contribution in [1.29, 1.82) is 0 Å². The van der Waals surface area contributed by atoms with E-state index in [0.29, 0.717) is 16.7 Å². The minimum atomic E-state index is -0.382. The third-order valence-corrected chi connectivity index (χ3v) is 4.09. The van der Waals surface area contributed by atoms with Gasteiger partial charge in [0.15, 0.2) is 0 Å². The van der Waals surface area contributed by atoms with Crippen LogP contribution >= 0.6 is 15.9 Å². The monoisotopic (exact) mass is 289 g/mol. The molecule has 2 aliphatic rings. The second kappa shape index (κ2) is 4.21. The Kier molecular flexibility index (Phi) is 3.21. The van der Waals surface area contributed by atoms with E-state index in [-0.39, 0.29) is 11.7 Å². The van der Waals surface area contributed by atoms with Crippen molar-refractivity contribution in [3.63, 3.8) is 0 Å². The summed E-state index contributed by atoms with van der Waals surface area (Å²) in [5.74, 6) is 1.36. The highest BCUT2D eigenvalue weighted by molar-refractivity contribution is 9.09. The van der Waals surface area contributed by atoms with Crippen molar-refractivity contribution >= 4 is 22.0 Å². The number of rotatable bonds is 0. The molecule has 3 nitrogen and oxygen atoms in total. The predicted octanol–water partition coefficient (Wildman–Crippen LogP) is 3.03. The van der Waals surface area contributed by atoms with Crippen molar-refractivity contribution in [2.24, 2.45) is 11.8 Å². The van der Waals surface area contributed by atoms with Gasteiger partial charge in [0, 0.05) is 17.9 Å². The van der Waals surface area contributed by atoms with Crippen molar-refractivity contribution in [2.45, 2.75) is 44.0 Å². The molecule has 3 atom stereocenters. The maximum Gasteiger partial charge on any atom is 0.410 e. The average Bonchev–Trinajstić information content (AvgIpc) is 2.56. The molecule has 2 rings (SSSR count). The number of carbonyl (C=O) groups is 1. The van der Waals surface area contributed by atoms with Gasteiger partial charge in [0.25, 0.3) is 0 Å². The number of hydrogen-bond donors (Lipinski definition) is 0. The van der Waals surface area contributed by atoms with Gasteiger partial charge in [-0.05, 0) is 45.4 Å². The first-order chi connectivity index (χ1) is 7.35. The molecule has 1 saturated carbocycles. The van der Waals surface area contributed by atoms with Crippen molar-refractivity contribution < 1.29 is 9.53 Å². The van der Waals surface area contributed by atoms with Crippen LogP contribution < -0.4 is 0 Å². The molecule has 0 bridgehead atoms. The lowest BCUT2D eigenvalue weighted by molar-refractivity contribution is 0.0281. The van der Waals surface area contributed by atoms with Crippen LogP contribution in [0.25, 0.3) is 0 Å². The van der Waals surface area contributed by atoms with Crippen LogP contribution in [-0.4, -0.2) is 34.5 Å². The fraction of sp³-hybridized carbons (Fsp3) is 0.917. The van der Waals surface area contributed by atoms with Gasteiger partial charge in [-0.2, -0.15) is 0 Å². The highest BCUT2D eigenvalue weighted by Gasteiger charge is 2.42. The number of likely N-dealkylation sites (tertiary alicyclic amines) is 1. The Balaban J connectivity index is 1.88. The molecule has 92 valence electrons. The Hall–Kier alpha value is -0.250. The van der Waals surface area contributed by atoms with E-state index in [0.717, 1.165) is 13.1 Å². The average molecular weight is 290 g/mol. The van der Waals surface area contributed by atoms with Gasteiger partial charge < -0.3 is 9.64 Å². The van der Waals surface area contributed by atoms with Gasteiger partial charge in [0.2, 0.25) is 0 Å². The molecule has 2 fully saturated rings. The van der Waals surface area contributed by atoms with Crippen molar-refractivity contribution in [3.05, 3.63) is 0 Å². The standard InChI is InChI=1S/C12H20BrNO2/c1-12(2,3)16-11(15)14-6-8-4-10(13)5-9(8)7-14/h8-10H,4-7H2,1-3H3/t8-,9+,10?. The van der Waals surface area contributed by atoms with Gasteiger partial charge in [-0.1, -0.05) is 15.9 Å². The van der Waals surface area contributed by atoms with E-state index in [4.69, 9.17) is 4.74 Å². The van der Waals surface area contributed by atoms with Crippen molar-refractivity contribution in [3.8, 4) is 0 Å². The number of halogens is 1. The first-order valence-corrected chi connectivity index (χ1v) is 6.89. The second-order valence-electron chi connectivity index (χ2n) is 5.97. The molecule has 0 spiro atoms. The van der Waals surface area contributed by atoms with Crippen molar-refractivity contribution in [1.82, 2.24) is 4.90 Å². The third-order valence-electron chi connectivity index (χ3n) is 3.35. The Labute approximate surface area is 106 Å². The number of fused-ring (bicyclic) bond motifs is 1. The van der Waals surface area contributed by atoms with Crippen LogP contribution in [0, 0.1) is 11.8 Å². The highest BCUT2D eigenvalue weighted by Crippen LogP contribution is 2.41. The van der Waals surface area contributed by atoms with E-state index in [1.807, 2.05) is 25.7 Å². The first kappa shape index (κ1) is 12.2. The van der Waals surface area contributed by atoms with Gasteiger partial charge in [-0.3, -0.25) is 0 Å². The number of carbonyl (C=O) groups excluding carboxylic acids is 1. The lowest BCUT2D eigenvalue weighted by Crippen LogP contribution is -2.36. The van der Waals surface area contributed by atoms with Crippen LogP contribution in [0.3, 0.4) is 0 Å². The molecule has 1 unspecified atom stereocenters. The molecule has 1 aliphatic carbocycles. The summed E-state index contributed by atoms with van der Waals surface area (Å²) in [5, 5.41) is 0. The molecule has 0 aromatic rings. The smallest absolute Gasteiger partial charge is 0.410 e. The number of amides is 1. The zero-order valence-electron chi connectivity index (χ0n) is 10.2. The summed E-state index contributed by atoms with van der Waals surface area (Å²) in [6.07, 6.45) is 2.25. The molecule has 1 heterocycles. The maximum absolute atomic E-state index is 11.9. The summed E-state index contributed by atoms with van der Waals surface area (Å²) in [5.41, 5.74) is -0.382. The second-order valence-corrected chi connectivity index (χ2v) is 7.27. The molecule has 1 aliphatic heterocycles. The SMILES string of the molecule is CC(C)(C)OC(=O)N1C[C@H]2CC(Br)C[C@H]2C1. The normalized spacial score (nSPS) is 34.0. The van der Waals surface area contributed by atoms with Crippen LogP contribution in [0.5, 0.6) is 0 Å². The summed E-state index contributed by atoms with van der Waals surface area (Å²) in [7, 11) is 0. The summed E-state index contributed by atoms with van der Waals surface area (Å²) in [6, 6.07) is 0. The fourth-order valence-electron chi connectivity index (χ4n) is 2.70. The zero-order valence-corrected chi connectivity index (χ0v) is 11.8. The molecule has 0 aromatic carbocycles. The Morgan fingerprint density at radius 1 is 1.25 bits per heavy atom. The highest BCUT2D eigenvalue weighted by atomic mass is 79.9. The van der Waals surface area contributed by atoms with Gasteiger partial charge >= 0.3 is 6.09 Å². The van der Waals surface area contributed by atoms with E-state index in [9.17, 15) is 4.79 Å². The lowest BCUT2D eigenvalue weighted by atomic mass is 10.0. The third kappa shape index (κ3) is 2.70. The summed E-state index contributed by atoms with van der Waals surface area (Å²) in [4.78, 5) is 14.4. The number of alkyl halides is 1. The lowest BCUT2D eigenvalue weighted by Gasteiger charge is -2.25. The van der Waals surface area contributed by atoms with Gasteiger partial charge in [-0.15, -0.1) is 0 Å². The Morgan fingerprint density at radius 2 is 1.75 bits per heavy atom. The number of nitrogens with zero attached hydrogens (tertiary/aromatic N) is 1. The molecular formula is C12H20BrNO2. The molecule has 1 amide bonds. The van der Waals surface area contributed by atoms with Crippen LogP contribution in [0.15, 0.2) is 0 Å². The number of hydrogen-bond acceptors (Lipinski definition) is 2. The van der Waals surface area contributed by atoms with Gasteiger partial charge in [0.05, 0.1) is 0 Å². The Bertz CT molecular complexity index is 273. The first-order valence-electron chi connectivity index (χ1n) is 5.97. The van der Waals surface area contributed by atoms with Gasteiger partial charge in [0.1, 0.15) is 5.60 Å². The summed E-state index contributed by atoms with van der Waals surface area (Å²) >= 11 is 3.66. The molecule has 0 radical (unpaired) electrons. The fourth-order valence-corrected chi connectivity index (χ4v) is 3.66. The van der Waals surface area contributed by atoms with Crippen LogP contribution in [0.2, 0.25) is 0 Å². The number of ether oxygens (including phenoxy) is 1. The molecule has 16 heavy (non-hydrogen) atoms. The molecule has 0 N–H and O–H groups in total. The van der Waals surface area contributed by atoms with E-state index in [2.05, 4.69) is 15.9 Å². The predicted molar refractivity (Wildman–Crippen MR) is 66.7 cm³/mol. The Morgan fingerprint density at radius 3 is 2.19 bits per heavy atom. The summed E-state index contributed by atoms with van der Waals surface area (Å²) < 4.78 is 5.39. The van der Waals surface area contributed by atoms with Gasteiger partial charge in [-0.25, -0.2) is 4.79 Å². The molecule has 0 aromatic heterocycles. The van der Waals surface area contributed by atoms with E-state index < -0.39 is 0 Å². The largest absolute Gasteiger partial charge is 0.444 e. The minimum Gasteiger partial charge on any atom is -0.444 e. The van der Waals surface area contributed by atoms with E-state index >= 15 is 0 Å². The van der Waals surface area contributed by atoms with Crippen LogP contribution in [-0.2, 0) is 4.74 Å². The molecule has 4 heteroatoms. The summed E-state index contributed by atoms with van der Waals surface area (Å²) in [6.45, 7) is 7.49. The molecule has 1 saturated heterocycles. The van der Waals surface area contributed by atoms with E-state index in [1.54, 1.807) is 0 Å². The van der Waals surface area contributed by atoms with Crippen LogP contribution in [0.4, 0.5) is 4.79 Å². The topological polar surface area (TPSA) is 29.5 Å². The zero-order chi connectivity index (χ0) is 11.9. The molecular weight excluding hydrogens is 270 g/mol. The van der Waals surface area contributed by atoms with Crippen molar-refractivity contribution in [2.75, 3.05) is 13.1 Å². The minimum absolute atomic E-state index is 0.145. The quantitative estimate of drug-likeness (QED) is 0.642. The van der Waals surface area contributed by atoms with E-state index in [1.165, 1.54) is 12.8 Å². The van der Waals surface area contributed by atoms with Crippen LogP contribution in [0.1, 0.15) is 33.6 Å². The maximum atomic E-state index is 11.9.